The molecule has 32 heavy (non-hydrogen) atoms. The number of rotatable bonds is 8. The second kappa shape index (κ2) is 9.98. The highest BCUT2D eigenvalue weighted by Crippen LogP contribution is 2.21. The first kappa shape index (κ1) is 21.4. The topological polar surface area (TPSA) is 78.3 Å². The molecule has 0 aliphatic rings. The van der Waals surface area contributed by atoms with Crippen LogP contribution in [0.2, 0.25) is 5.02 Å². The number of anilines is 1. The maximum absolute atomic E-state index is 12.9. The molecule has 0 saturated carbocycles. The average Bonchev–Trinajstić information content (AvgIpc) is 3.27. The lowest BCUT2D eigenvalue weighted by molar-refractivity contribution is 0.0824. The van der Waals surface area contributed by atoms with Crippen LogP contribution in [0.25, 0.3) is 11.4 Å². The average molecular weight is 449 g/mol. The highest BCUT2D eigenvalue weighted by molar-refractivity contribution is 6.30. The molecule has 0 bridgehead atoms. The minimum Gasteiger partial charge on any atom is -0.497 e. The van der Waals surface area contributed by atoms with Gasteiger partial charge in [0.05, 0.1) is 7.11 Å². The summed E-state index contributed by atoms with van der Waals surface area (Å²) >= 11 is 5.99. The van der Waals surface area contributed by atoms with E-state index in [1.807, 2.05) is 42.5 Å². The molecule has 0 aliphatic heterocycles. The number of methoxy groups -OCH3 is 1. The molecule has 1 aromatic heterocycles. The lowest BCUT2D eigenvalue weighted by atomic mass is 10.2. The van der Waals surface area contributed by atoms with Crippen LogP contribution in [0.1, 0.15) is 10.4 Å². The summed E-state index contributed by atoms with van der Waals surface area (Å²) in [5, 5.41) is 8.22. The maximum atomic E-state index is 12.9. The molecule has 1 N–H and O–H groups in total. The van der Waals surface area contributed by atoms with Crippen molar-refractivity contribution < 1.29 is 14.3 Å². The van der Waals surface area contributed by atoms with Gasteiger partial charge < -0.3 is 14.8 Å². The van der Waals surface area contributed by atoms with Crippen LogP contribution < -0.4 is 14.8 Å². The second-order valence-electron chi connectivity index (χ2n) is 6.87. The van der Waals surface area contributed by atoms with Gasteiger partial charge in [-0.2, -0.15) is 9.67 Å². The Kier molecular flexibility index (Phi) is 6.67. The Morgan fingerprint density at radius 3 is 2.38 bits per heavy atom. The summed E-state index contributed by atoms with van der Waals surface area (Å²) in [6.45, 7) is 0.278. The molecule has 1 heterocycles. The summed E-state index contributed by atoms with van der Waals surface area (Å²) in [5.41, 5.74) is 1.75. The predicted octanol–water partition coefficient (Wildman–Crippen LogP) is 4.94. The molecule has 4 rings (SSSR count). The molecule has 7 nitrogen and oxygen atoms in total. The van der Waals surface area contributed by atoms with Gasteiger partial charge in [-0.3, -0.25) is 4.79 Å². The van der Waals surface area contributed by atoms with Crippen LogP contribution in [-0.2, 0) is 6.54 Å². The molecule has 0 amide bonds. The van der Waals surface area contributed by atoms with E-state index in [4.69, 9.17) is 21.1 Å². The number of hydrogen-bond donors (Lipinski definition) is 1. The zero-order chi connectivity index (χ0) is 22.3. The largest absolute Gasteiger partial charge is 0.497 e. The van der Waals surface area contributed by atoms with E-state index in [1.165, 1.54) is 4.68 Å². The number of nitrogens with one attached hydrogen (secondary N) is 1. The van der Waals surface area contributed by atoms with E-state index in [0.717, 1.165) is 16.9 Å². The maximum Gasteiger partial charge on any atom is 0.287 e. The second-order valence-corrected chi connectivity index (χ2v) is 7.31. The molecule has 0 radical (unpaired) electrons. The number of carbonyl (C=O) groups is 1. The van der Waals surface area contributed by atoms with Crippen LogP contribution in [0.4, 0.5) is 5.95 Å². The van der Waals surface area contributed by atoms with E-state index < -0.39 is 0 Å². The lowest BCUT2D eigenvalue weighted by Crippen LogP contribution is -2.22. The highest BCUT2D eigenvalue weighted by atomic mass is 35.5. The third kappa shape index (κ3) is 5.25. The molecule has 8 heteroatoms. The lowest BCUT2D eigenvalue weighted by Gasteiger charge is -2.09. The molecular formula is C24H21ClN4O3. The van der Waals surface area contributed by atoms with Crippen molar-refractivity contribution in [3.63, 3.8) is 0 Å². The van der Waals surface area contributed by atoms with Gasteiger partial charge in [-0.05, 0) is 54.1 Å². The van der Waals surface area contributed by atoms with Gasteiger partial charge in [-0.15, -0.1) is 5.10 Å². The van der Waals surface area contributed by atoms with Gasteiger partial charge in [0.25, 0.3) is 5.91 Å². The van der Waals surface area contributed by atoms with Crippen LogP contribution in [-0.4, -0.2) is 34.4 Å². The third-order valence-electron chi connectivity index (χ3n) is 4.66. The summed E-state index contributed by atoms with van der Waals surface area (Å²) < 4.78 is 12.0. The number of nitrogens with zero attached hydrogens (tertiary/aromatic N) is 3. The van der Waals surface area contributed by atoms with E-state index >= 15 is 0 Å². The van der Waals surface area contributed by atoms with Gasteiger partial charge in [-0.1, -0.05) is 41.9 Å². The summed E-state index contributed by atoms with van der Waals surface area (Å²) in [4.78, 5) is 17.4. The Bertz CT molecular complexity index is 1180. The van der Waals surface area contributed by atoms with E-state index in [1.54, 1.807) is 43.5 Å². The first-order valence-electron chi connectivity index (χ1n) is 9.93. The fourth-order valence-electron chi connectivity index (χ4n) is 2.97. The smallest absolute Gasteiger partial charge is 0.287 e. The molecule has 0 unspecified atom stereocenters. The monoisotopic (exact) mass is 448 g/mol. The fraction of sp³-hybridized carbons (Fsp3) is 0.125. The summed E-state index contributed by atoms with van der Waals surface area (Å²) in [5.74, 6) is 1.76. The number of halogens is 1. The molecule has 0 atom stereocenters. The van der Waals surface area contributed by atoms with Gasteiger partial charge in [0, 0.05) is 17.1 Å². The van der Waals surface area contributed by atoms with Gasteiger partial charge in [0.15, 0.2) is 12.4 Å². The normalized spacial score (nSPS) is 10.6. The van der Waals surface area contributed by atoms with E-state index in [9.17, 15) is 4.79 Å². The fourth-order valence-corrected chi connectivity index (χ4v) is 3.10. The van der Waals surface area contributed by atoms with Crippen LogP contribution in [0.5, 0.6) is 11.5 Å². The van der Waals surface area contributed by atoms with Crippen molar-refractivity contribution >= 4 is 23.5 Å². The van der Waals surface area contributed by atoms with Gasteiger partial charge in [-0.25, -0.2) is 0 Å². The minimum absolute atomic E-state index is 0.176. The molecule has 3 aromatic carbocycles. The van der Waals surface area contributed by atoms with E-state index in [-0.39, 0.29) is 12.5 Å². The van der Waals surface area contributed by atoms with E-state index in [0.29, 0.717) is 29.1 Å². The first-order valence-corrected chi connectivity index (χ1v) is 10.3. The summed E-state index contributed by atoms with van der Waals surface area (Å²) in [6.07, 6.45) is 0. The molecule has 0 spiro atoms. The van der Waals surface area contributed by atoms with Crippen molar-refractivity contribution in [3.05, 3.63) is 89.4 Å². The van der Waals surface area contributed by atoms with Crippen molar-refractivity contribution in [1.29, 1.82) is 0 Å². The Morgan fingerprint density at radius 1 is 0.969 bits per heavy atom. The summed E-state index contributed by atoms with van der Waals surface area (Å²) in [6, 6.07) is 23.9. The number of hydrogen-bond acceptors (Lipinski definition) is 6. The molecule has 0 fully saturated rings. The Morgan fingerprint density at radius 2 is 1.69 bits per heavy atom. The first-order chi connectivity index (χ1) is 15.6. The Hall–Kier alpha value is -3.84. The van der Waals surface area contributed by atoms with Crippen molar-refractivity contribution in [2.75, 3.05) is 19.0 Å². The van der Waals surface area contributed by atoms with Crippen LogP contribution >= 0.6 is 11.6 Å². The number of benzene rings is 3. The van der Waals surface area contributed by atoms with Crippen molar-refractivity contribution in [1.82, 2.24) is 14.8 Å². The Balaban J connectivity index is 1.55. The minimum atomic E-state index is -0.348. The molecule has 0 saturated heterocycles. The highest BCUT2D eigenvalue weighted by Gasteiger charge is 2.18. The quantitative estimate of drug-likeness (QED) is 0.411. The van der Waals surface area contributed by atoms with Crippen LogP contribution in [0.3, 0.4) is 0 Å². The zero-order valence-electron chi connectivity index (χ0n) is 17.4. The van der Waals surface area contributed by atoms with Crippen molar-refractivity contribution in [3.8, 4) is 22.9 Å². The SMILES string of the molecule is COc1ccc(CNc2nc(-c3ccc(Cl)cc3)nn2C(=O)COc2ccccc2)cc1. The number of carbonyl (C=O) groups excluding carboxylic acids is 1. The van der Waals surface area contributed by atoms with Gasteiger partial charge in [0.2, 0.25) is 5.95 Å². The van der Waals surface area contributed by atoms with Gasteiger partial charge in [0.1, 0.15) is 11.5 Å². The summed E-state index contributed by atoms with van der Waals surface area (Å²) in [7, 11) is 1.62. The van der Waals surface area contributed by atoms with Crippen LogP contribution in [0, 0.1) is 0 Å². The number of para-hydroxylation sites is 1. The number of ether oxygens (including phenoxy) is 2. The van der Waals surface area contributed by atoms with Gasteiger partial charge >= 0.3 is 0 Å². The van der Waals surface area contributed by atoms with Crippen LogP contribution in [0.15, 0.2) is 78.9 Å². The molecular weight excluding hydrogens is 428 g/mol. The Labute approximate surface area is 190 Å². The van der Waals surface area contributed by atoms with E-state index in [2.05, 4.69) is 15.4 Å². The van der Waals surface area contributed by atoms with Crippen molar-refractivity contribution in [2.45, 2.75) is 6.54 Å². The predicted molar refractivity (Wildman–Crippen MR) is 123 cm³/mol. The molecule has 0 aliphatic carbocycles. The van der Waals surface area contributed by atoms with Crippen molar-refractivity contribution in [2.24, 2.45) is 0 Å². The molecule has 4 aromatic rings. The number of aromatic nitrogens is 3. The standard InChI is InChI=1S/C24H21ClN4O3/c1-31-20-13-7-17(8-14-20)15-26-24-27-23(18-9-11-19(25)12-10-18)28-29(24)22(30)16-32-21-5-3-2-4-6-21/h2-14H,15-16H2,1H3,(H,26,27,28). The zero-order valence-corrected chi connectivity index (χ0v) is 18.1. The third-order valence-corrected chi connectivity index (χ3v) is 4.91. The molecule has 162 valence electrons.